The number of esters is 1. The predicted molar refractivity (Wildman–Crippen MR) is 119 cm³/mol. The topological polar surface area (TPSA) is 144 Å². The fourth-order valence-corrected chi connectivity index (χ4v) is 2.76. The fraction of sp³-hybridized carbons (Fsp3) is 0.136. The molecule has 0 radical (unpaired) electrons. The molecule has 0 saturated carbocycles. The van der Waals surface area contributed by atoms with Crippen LogP contribution < -0.4 is 9.47 Å². The van der Waals surface area contributed by atoms with Gasteiger partial charge in [0.2, 0.25) is 5.88 Å². The van der Waals surface area contributed by atoms with Crippen molar-refractivity contribution in [3.8, 4) is 11.6 Å². The molecule has 0 aliphatic heterocycles. The number of amides is 1. The minimum absolute atomic E-state index is 0.0512. The summed E-state index contributed by atoms with van der Waals surface area (Å²) in [4.78, 5) is 39.2. The monoisotopic (exact) mass is 461 g/mol. The number of aromatic nitrogens is 4. The van der Waals surface area contributed by atoms with Crippen molar-refractivity contribution in [2.45, 2.75) is 6.61 Å². The maximum absolute atomic E-state index is 12.3. The van der Waals surface area contributed by atoms with Gasteiger partial charge in [0.05, 0.1) is 19.0 Å². The summed E-state index contributed by atoms with van der Waals surface area (Å²) in [6, 6.07) is 15.4. The Morgan fingerprint density at radius 2 is 1.82 bits per heavy atom. The van der Waals surface area contributed by atoms with E-state index >= 15 is 0 Å². The van der Waals surface area contributed by atoms with Gasteiger partial charge >= 0.3 is 12.1 Å². The van der Waals surface area contributed by atoms with Crippen LogP contribution in [-0.2, 0) is 11.3 Å². The predicted octanol–water partition coefficient (Wildman–Crippen LogP) is 3.85. The van der Waals surface area contributed by atoms with E-state index in [-0.39, 0.29) is 24.2 Å². The normalized spacial score (nSPS) is 10.9. The zero-order chi connectivity index (χ0) is 23.9. The van der Waals surface area contributed by atoms with Crippen molar-refractivity contribution in [1.82, 2.24) is 24.9 Å². The first-order valence-electron chi connectivity index (χ1n) is 9.97. The molecule has 0 bridgehead atoms. The van der Waals surface area contributed by atoms with Crippen LogP contribution in [0.4, 0.5) is 10.7 Å². The number of aromatic amines is 1. The fourth-order valence-electron chi connectivity index (χ4n) is 2.76. The molecule has 0 aliphatic carbocycles. The van der Waals surface area contributed by atoms with Crippen LogP contribution in [0.2, 0.25) is 0 Å². The van der Waals surface area contributed by atoms with E-state index in [1.807, 2.05) is 30.3 Å². The minimum atomic E-state index is -0.809. The van der Waals surface area contributed by atoms with Gasteiger partial charge in [-0.15, -0.1) is 0 Å². The zero-order valence-electron chi connectivity index (χ0n) is 18.2. The SMILES string of the molecule is COC(=O)c1ccc(OC(=O)N(C)/N=N/c2nc(OCc3ccccc3)c3[nH]cnc3n2)cc1. The number of fused-ring (bicyclic) bond motifs is 1. The Labute approximate surface area is 193 Å². The number of hydrogen-bond donors (Lipinski definition) is 1. The summed E-state index contributed by atoms with van der Waals surface area (Å²) in [6.07, 6.45) is 0.654. The van der Waals surface area contributed by atoms with Gasteiger partial charge in [0.1, 0.15) is 17.9 Å². The third kappa shape index (κ3) is 5.30. The van der Waals surface area contributed by atoms with Gasteiger partial charge in [-0.3, -0.25) is 0 Å². The average molecular weight is 461 g/mol. The number of methoxy groups -OCH3 is 1. The van der Waals surface area contributed by atoms with Crippen LogP contribution in [0.1, 0.15) is 15.9 Å². The molecule has 0 fully saturated rings. The molecule has 2 aromatic carbocycles. The molecule has 0 unspecified atom stereocenters. The van der Waals surface area contributed by atoms with Gasteiger partial charge in [-0.25, -0.2) is 14.6 Å². The Kier molecular flexibility index (Phi) is 6.68. The molecule has 4 rings (SSSR count). The second-order valence-corrected chi connectivity index (χ2v) is 6.80. The van der Waals surface area contributed by atoms with Gasteiger partial charge in [0.15, 0.2) is 5.65 Å². The molecule has 0 spiro atoms. The maximum Gasteiger partial charge on any atom is 0.436 e. The van der Waals surface area contributed by atoms with Gasteiger partial charge in [-0.1, -0.05) is 40.7 Å². The molecule has 2 aromatic heterocycles. The second kappa shape index (κ2) is 10.2. The van der Waals surface area contributed by atoms with Crippen LogP contribution in [0.3, 0.4) is 0 Å². The van der Waals surface area contributed by atoms with Crippen molar-refractivity contribution in [2.24, 2.45) is 10.3 Å². The molecule has 1 amide bonds. The summed E-state index contributed by atoms with van der Waals surface area (Å²) in [6.45, 7) is 0.281. The molecule has 0 aliphatic rings. The molecule has 172 valence electrons. The van der Waals surface area contributed by atoms with Gasteiger partial charge in [-0.2, -0.15) is 15.0 Å². The Bertz CT molecular complexity index is 1320. The van der Waals surface area contributed by atoms with Crippen LogP contribution in [-0.4, -0.2) is 51.2 Å². The second-order valence-electron chi connectivity index (χ2n) is 6.80. The molecule has 0 atom stereocenters. The van der Waals surface area contributed by atoms with Crippen LogP contribution in [0, 0.1) is 0 Å². The van der Waals surface area contributed by atoms with Crippen molar-refractivity contribution in [1.29, 1.82) is 0 Å². The lowest BCUT2D eigenvalue weighted by atomic mass is 10.2. The molecule has 4 aromatic rings. The molecule has 12 nitrogen and oxygen atoms in total. The largest absolute Gasteiger partial charge is 0.471 e. The summed E-state index contributed by atoms with van der Waals surface area (Å²) in [5.74, 6) is -0.0868. The maximum atomic E-state index is 12.3. The van der Waals surface area contributed by atoms with E-state index < -0.39 is 12.1 Å². The summed E-state index contributed by atoms with van der Waals surface area (Å²) in [5, 5.41) is 8.56. The molecular formula is C22H19N7O5. The summed E-state index contributed by atoms with van der Waals surface area (Å²) in [7, 11) is 2.64. The highest BCUT2D eigenvalue weighted by Crippen LogP contribution is 2.23. The molecule has 34 heavy (non-hydrogen) atoms. The van der Waals surface area contributed by atoms with Crippen molar-refractivity contribution < 1.29 is 23.8 Å². The van der Waals surface area contributed by atoms with Crippen LogP contribution in [0.25, 0.3) is 11.2 Å². The zero-order valence-corrected chi connectivity index (χ0v) is 18.2. The highest BCUT2D eigenvalue weighted by Gasteiger charge is 2.14. The first-order chi connectivity index (χ1) is 16.5. The molecule has 2 heterocycles. The van der Waals surface area contributed by atoms with Gasteiger partial charge in [0, 0.05) is 7.05 Å². The summed E-state index contributed by atoms with van der Waals surface area (Å²) < 4.78 is 15.6. The Hall–Kier alpha value is -4.87. The molecule has 0 saturated heterocycles. The summed E-state index contributed by atoms with van der Waals surface area (Å²) >= 11 is 0. The average Bonchev–Trinajstić information content (AvgIpc) is 3.35. The van der Waals surface area contributed by atoms with Crippen molar-refractivity contribution in [3.05, 3.63) is 72.1 Å². The summed E-state index contributed by atoms with van der Waals surface area (Å²) in [5.41, 5.74) is 2.13. The van der Waals surface area contributed by atoms with E-state index in [2.05, 4.69) is 35.0 Å². The number of nitrogens with one attached hydrogen (secondary N) is 1. The van der Waals surface area contributed by atoms with Crippen molar-refractivity contribution in [3.63, 3.8) is 0 Å². The highest BCUT2D eigenvalue weighted by molar-refractivity contribution is 5.89. The standard InChI is InChI=1S/C22H19N7O5/c1-29(22(31)34-16-10-8-15(9-11-16)20(30)32-2)28-27-21-25-18-17(23-13-24-18)19(26-21)33-12-14-6-4-3-5-7-14/h3-11,13H,12H2,1-2H3,(H,23,24,25,26)/b28-27+. The quantitative estimate of drug-likeness (QED) is 0.248. The third-order valence-electron chi connectivity index (χ3n) is 4.47. The number of nitrogens with zero attached hydrogens (tertiary/aromatic N) is 6. The van der Waals surface area contributed by atoms with Gasteiger partial charge in [-0.05, 0) is 29.8 Å². The Morgan fingerprint density at radius 3 is 2.56 bits per heavy atom. The van der Waals surface area contributed by atoms with Gasteiger partial charge in [0.25, 0.3) is 5.95 Å². The van der Waals surface area contributed by atoms with E-state index in [9.17, 15) is 9.59 Å². The number of rotatable bonds is 7. The number of ether oxygens (including phenoxy) is 3. The number of imidazole rings is 1. The number of benzene rings is 2. The first kappa shape index (κ1) is 22.3. The van der Waals surface area contributed by atoms with E-state index in [0.717, 1.165) is 10.6 Å². The molecule has 12 heteroatoms. The number of carbonyl (C=O) groups is 2. The first-order valence-corrected chi connectivity index (χ1v) is 9.97. The number of H-pyrrole nitrogens is 1. The van der Waals surface area contributed by atoms with Gasteiger partial charge < -0.3 is 19.2 Å². The molecule has 1 N–H and O–H groups in total. The molecular weight excluding hydrogens is 442 g/mol. The van der Waals surface area contributed by atoms with E-state index in [1.54, 1.807) is 0 Å². The van der Waals surface area contributed by atoms with Crippen molar-refractivity contribution >= 4 is 29.2 Å². The third-order valence-corrected chi connectivity index (χ3v) is 4.47. The van der Waals surface area contributed by atoms with Crippen molar-refractivity contribution in [2.75, 3.05) is 14.2 Å². The van der Waals surface area contributed by atoms with Crippen LogP contribution >= 0.6 is 0 Å². The van der Waals surface area contributed by atoms with E-state index in [4.69, 9.17) is 9.47 Å². The van der Waals surface area contributed by atoms with Crippen LogP contribution in [0.5, 0.6) is 11.6 Å². The number of hydrogen-bond acceptors (Lipinski definition) is 10. The van der Waals surface area contributed by atoms with E-state index in [0.29, 0.717) is 16.7 Å². The lowest BCUT2D eigenvalue weighted by molar-refractivity contribution is 0.0600. The Balaban J connectivity index is 1.43. The number of carbonyl (C=O) groups excluding carboxylic acids is 2. The smallest absolute Gasteiger partial charge is 0.436 e. The van der Waals surface area contributed by atoms with Crippen LogP contribution in [0.15, 0.2) is 71.3 Å². The highest BCUT2D eigenvalue weighted by atomic mass is 16.6. The van der Waals surface area contributed by atoms with E-state index in [1.165, 1.54) is 44.8 Å². The lowest BCUT2D eigenvalue weighted by Gasteiger charge is -2.10. The minimum Gasteiger partial charge on any atom is -0.471 e. The lowest BCUT2D eigenvalue weighted by Crippen LogP contribution is -2.24. The Morgan fingerprint density at radius 1 is 1.06 bits per heavy atom.